The van der Waals surface area contributed by atoms with Gasteiger partial charge >= 0.3 is 0 Å². The average Bonchev–Trinajstić information content (AvgIpc) is 2.79. The van der Waals surface area contributed by atoms with Gasteiger partial charge in [0, 0.05) is 11.5 Å². The molecule has 1 aliphatic heterocycles. The molecule has 90 valence electrons. The number of oxime groups is 1. The number of hydrogen-bond acceptors (Lipinski definition) is 3. The van der Waals surface area contributed by atoms with Crippen LogP contribution in [0.2, 0.25) is 10.0 Å². The second-order valence-electron chi connectivity index (χ2n) is 4.63. The second kappa shape index (κ2) is 4.16. The highest BCUT2D eigenvalue weighted by Crippen LogP contribution is 2.50. The van der Waals surface area contributed by atoms with Crippen LogP contribution in [0, 0.1) is 17.8 Å². The molecule has 0 spiro atoms. The van der Waals surface area contributed by atoms with Crippen molar-refractivity contribution in [3.63, 3.8) is 0 Å². The van der Waals surface area contributed by atoms with Crippen molar-refractivity contribution in [2.24, 2.45) is 22.9 Å². The molecule has 2 fully saturated rings. The van der Waals surface area contributed by atoms with Crippen LogP contribution in [0.15, 0.2) is 23.4 Å². The number of fused-ring (bicyclic) bond motifs is 1. The predicted molar refractivity (Wildman–Crippen MR) is 68.1 cm³/mol. The van der Waals surface area contributed by atoms with E-state index in [2.05, 4.69) is 10.5 Å². The summed E-state index contributed by atoms with van der Waals surface area (Å²) in [5, 5.41) is 17.0. The van der Waals surface area contributed by atoms with Gasteiger partial charge in [-0.25, -0.2) is 0 Å². The molecule has 1 aromatic rings. The molecule has 1 saturated heterocycles. The third-order valence-electron chi connectivity index (χ3n) is 3.73. The number of hydrogen-bond donors (Lipinski definition) is 2. The molecule has 2 atom stereocenters. The number of benzene rings is 1. The topological polar surface area (TPSA) is 44.6 Å². The molecule has 1 aromatic carbocycles. The first-order valence-electron chi connectivity index (χ1n) is 5.60. The minimum atomic E-state index is 0.360. The molecule has 1 heterocycles. The van der Waals surface area contributed by atoms with Crippen LogP contribution >= 0.6 is 23.2 Å². The summed E-state index contributed by atoms with van der Waals surface area (Å²) >= 11 is 11.9. The predicted octanol–water partition coefficient (Wildman–Crippen LogP) is 2.64. The van der Waals surface area contributed by atoms with Crippen LogP contribution in [0.3, 0.4) is 0 Å². The fraction of sp³-hybridized carbons (Fsp3) is 0.417. The fourth-order valence-corrected chi connectivity index (χ4v) is 3.09. The summed E-state index contributed by atoms with van der Waals surface area (Å²) in [6.07, 6.45) is 0. The van der Waals surface area contributed by atoms with Crippen molar-refractivity contribution in [3.05, 3.63) is 33.8 Å². The van der Waals surface area contributed by atoms with E-state index >= 15 is 0 Å². The Balaban J connectivity index is 1.89. The van der Waals surface area contributed by atoms with Crippen molar-refractivity contribution in [2.45, 2.75) is 0 Å². The van der Waals surface area contributed by atoms with Crippen LogP contribution in [0.25, 0.3) is 0 Å². The molecule has 17 heavy (non-hydrogen) atoms. The quantitative estimate of drug-likeness (QED) is 0.493. The zero-order valence-corrected chi connectivity index (χ0v) is 10.5. The average molecular weight is 271 g/mol. The Kier molecular flexibility index (Phi) is 2.77. The Morgan fingerprint density at radius 1 is 1.24 bits per heavy atom. The van der Waals surface area contributed by atoms with Crippen LogP contribution in [-0.2, 0) is 0 Å². The number of halogens is 2. The SMILES string of the molecule is O/N=C(/c1ccc(Cl)c(Cl)c1)C1C2CNCC21. The summed E-state index contributed by atoms with van der Waals surface area (Å²) in [7, 11) is 0. The number of rotatable bonds is 2. The van der Waals surface area contributed by atoms with Crippen LogP contribution < -0.4 is 5.32 Å². The first-order valence-corrected chi connectivity index (χ1v) is 6.36. The summed E-state index contributed by atoms with van der Waals surface area (Å²) in [6.45, 7) is 2.02. The highest BCUT2D eigenvalue weighted by Gasteiger charge is 2.55. The molecule has 0 aromatic heterocycles. The first-order chi connectivity index (χ1) is 8.22. The third kappa shape index (κ3) is 1.82. The van der Waals surface area contributed by atoms with E-state index in [0.717, 1.165) is 24.4 Å². The molecule has 0 bridgehead atoms. The number of nitrogens with one attached hydrogen (secondary N) is 1. The number of nitrogens with zero attached hydrogens (tertiary/aromatic N) is 1. The summed E-state index contributed by atoms with van der Waals surface area (Å²) in [4.78, 5) is 0. The monoisotopic (exact) mass is 270 g/mol. The number of piperidine rings is 1. The highest BCUT2D eigenvalue weighted by atomic mass is 35.5. The van der Waals surface area contributed by atoms with Crippen LogP contribution in [-0.4, -0.2) is 24.0 Å². The molecule has 1 aliphatic carbocycles. The van der Waals surface area contributed by atoms with Gasteiger partial charge in [-0.05, 0) is 37.1 Å². The van der Waals surface area contributed by atoms with Gasteiger partial charge in [-0.15, -0.1) is 0 Å². The maximum absolute atomic E-state index is 9.20. The molecular weight excluding hydrogens is 259 g/mol. The van der Waals surface area contributed by atoms with Crippen molar-refractivity contribution in [2.75, 3.05) is 13.1 Å². The van der Waals surface area contributed by atoms with E-state index in [1.54, 1.807) is 12.1 Å². The van der Waals surface area contributed by atoms with Gasteiger partial charge in [0.25, 0.3) is 0 Å². The van der Waals surface area contributed by atoms with Gasteiger partial charge in [-0.2, -0.15) is 0 Å². The van der Waals surface area contributed by atoms with Gasteiger partial charge in [-0.3, -0.25) is 0 Å². The molecule has 5 heteroatoms. The van der Waals surface area contributed by atoms with E-state index in [4.69, 9.17) is 23.2 Å². The fourth-order valence-electron chi connectivity index (χ4n) is 2.80. The normalized spacial score (nSPS) is 31.4. The molecule has 0 amide bonds. The van der Waals surface area contributed by atoms with Gasteiger partial charge in [-0.1, -0.05) is 34.4 Å². The van der Waals surface area contributed by atoms with Crippen molar-refractivity contribution in [3.8, 4) is 0 Å². The second-order valence-corrected chi connectivity index (χ2v) is 5.44. The van der Waals surface area contributed by atoms with Crippen molar-refractivity contribution >= 4 is 28.9 Å². The molecule has 3 rings (SSSR count). The lowest BCUT2D eigenvalue weighted by atomic mass is 10.0. The molecule has 0 radical (unpaired) electrons. The minimum Gasteiger partial charge on any atom is -0.411 e. The van der Waals surface area contributed by atoms with E-state index < -0.39 is 0 Å². The highest BCUT2D eigenvalue weighted by molar-refractivity contribution is 6.42. The lowest BCUT2D eigenvalue weighted by molar-refractivity contribution is 0.316. The lowest BCUT2D eigenvalue weighted by Crippen LogP contribution is -2.19. The van der Waals surface area contributed by atoms with E-state index in [1.165, 1.54) is 0 Å². The van der Waals surface area contributed by atoms with Crippen molar-refractivity contribution in [1.29, 1.82) is 0 Å². The summed E-state index contributed by atoms with van der Waals surface area (Å²) < 4.78 is 0. The van der Waals surface area contributed by atoms with Crippen LogP contribution in [0.4, 0.5) is 0 Å². The summed E-state index contributed by atoms with van der Waals surface area (Å²) in [5.74, 6) is 1.57. The molecule has 2 aliphatic rings. The maximum atomic E-state index is 9.20. The van der Waals surface area contributed by atoms with Gasteiger partial charge in [0.1, 0.15) is 0 Å². The molecule has 2 unspecified atom stereocenters. The van der Waals surface area contributed by atoms with Crippen LogP contribution in [0.5, 0.6) is 0 Å². The Labute approximate surface area is 109 Å². The lowest BCUT2D eigenvalue weighted by Gasteiger charge is -2.08. The molecule has 1 saturated carbocycles. The minimum absolute atomic E-state index is 0.360. The van der Waals surface area contributed by atoms with E-state index in [9.17, 15) is 5.21 Å². The molecule has 3 nitrogen and oxygen atoms in total. The van der Waals surface area contributed by atoms with E-state index in [0.29, 0.717) is 27.8 Å². The van der Waals surface area contributed by atoms with Crippen molar-refractivity contribution < 1.29 is 5.21 Å². The maximum Gasteiger partial charge on any atom is 0.0905 e. The zero-order chi connectivity index (χ0) is 12.0. The Bertz CT molecular complexity index is 479. The molecular formula is C12H12Cl2N2O. The largest absolute Gasteiger partial charge is 0.411 e. The summed E-state index contributed by atoms with van der Waals surface area (Å²) in [5.41, 5.74) is 1.60. The van der Waals surface area contributed by atoms with Crippen molar-refractivity contribution in [1.82, 2.24) is 5.32 Å². The Morgan fingerprint density at radius 3 is 2.53 bits per heavy atom. The third-order valence-corrected chi connectivity index (χ3v) is 4.47. The van der Waals surface area contributed by atoms with Crippen LogP contribution in [0.1, 0.15) is 5.56 Å². The van der Waals surface area contributed by atoms with Gasteiger partial charge in [0.2, 0.25) is 0 Å². The van der Waals surface area contributed by atoms with E-state index in [1.807, 2.05) is 6.07 Å². The van der Waals surface area contributed by atoms with Gasteiger partial charge in [0.05, 0.1) is 15.8 Å². The van der Waals surface area contributed by atoms with Gasteiger partial charge < -0.3 is 10.5 Å². The smallest absolute Gasteiger partial charge is 0.0905 e. The van der Waals surface area contributed by atoms with Gasteiger partial charge in [0.15, 0.2) is 0 Å². The molecule has 2 N–H and O–H groups in total. The Hall–Kier alpha value is -0.770. The standard InChI is InChI=1S/C12H12Cl2N2O/c13-9-2-1-6(3-10(9)14)12(16-17)11-7-4-15-5-8(7)11/h1-3,7-8,11,15,17H,4-5H2/b16-12-. The summed E-state index contributed by atoms with van der Waals surface area (Å²) in [6, 6.07) is 5.35. The zero-order valence-electron chi connectivity index (χ0n) is 9.03. The Morgan fingerprint density at radius 2 is 1.94 bits per heavy atom. The van der Waals surface area contributed by atoms with E-state index in [-0.39, 0.29) is 0 Å². The first kappa shape index (κ1) is 11.3.